The van der Waals surface area contributed by atoms with Crippen LogP contribution < -0.4 is 10.1 Å². The van der Waals surface area contributed by atoms with Gasteiger partial charge in [0.2, 0.25) is 5.91 Å². The van der Waals surface area contributed by atoms with Crippen LogP contribution in [0.5, 0.6) is 5.75 Å². The average molecular weight is 305 g/mol. The first kappa shape index (κ1) is 11.3. The maximum atomic E-state index is 10.5. The van der Waals surface area contributed by atoms with E-state index in [-0.39, 0.29) is 5.91 Å². The highest BCUT2D eigenvalue weighted by Gasteiger charge is 1.94. The molecule has 0 radical (unpaired) electrons. The monoisotopic (exact) mass is 305 g/mol. The zero-order valence-electron chi connectivity index (χ0n) is 7.92. The van der Waals surface area contributed by atoms with Crippen LogP contribution in [0.15, 0.2) is 24.3 Å². The van der Waals surface area contributed by atoms with Crippen LogP contribution in [-0.4, -0.2) is 19.1 Å². The summed E-state index contributed by atoms with van der Waals surface area (Å²) in [6, 6.07) is 7.79. The summed E-state index contributed by atoms with van der Waals surface area (Å²) in [4.78, 5) is 10.5. The fraction of sp³-hybridized carbons (Fsp3) is 0.300. The zero-order valence-corrected chi connectivity index (χ0v) is 10.1. The van der Waals surface area contributed by atoms with E-state index >= 15 is 0 Å². The van der Waals surface area contributed by atoms with E-state index in [4.69, 9.17) is 4.74 Å². The van der Waals surface area contributed by atoms with Crippen LogP contribution in [0, 0.1) is 3.57 Å². The minimum absolute atomic E-state index is 0.0313. The molecule has 0 aromatic heterocycles. The number of nitrogens with one attached hydrogen (secondary N) is 1. The van der Waals surface area contributed by atoms with Gasteiger partial charge in [0.1, 0.15) is 12.4 Å². The van der Waals surface area contributed by atoms with Crippen LogP contribution in [0.2, 0.25) is 0 Å². The number of ether oxygens (including phenoxy) is 1. The molecule has 0 atom stereocenters. The SMILES string of the molecule is CC(=O)NCCOc1cccc(I)c1. The molecule has 1 amide bonds. The second-order valence-corrected chi connectivity index (χ2v) is 4.03. The molecule has 0 fully saturated rings. The summed E-state index contributed by atoms with van der Waals surface area (Å²) in [6.07, 6.45) is 0. The van der Waals surface area contributed by atoms with Crippen LogP contribution in [0.25, 0.3) is 0 Å². The van der Waals surface area contributed by atoms with Crippen LogP contribution in [0.1, 0.15) is 6.92 Å². The van der Waals surface area contributed by atoms with E-state index in [2.05, 4.69) is 27.9 Å². The molecule has 1 aromatic rings. The highest BCUT2D eigenvalue weighted by Crippen LogP contribution is 2.14. The van der Waals surface area contributed by atoms with Gasteiger partial charge < -0.3 is 10.1 Å². The largest absolute Gasteiger partial charge is 0.492 e. The van der Waals surface area contributed by atoms with Gasteiger partial charge in [0.05, 0.1) is 6.54 Å². The molecular weight excluding hydrogens is 293 g/mol. The van der Waals surface area contributed by atoms with Gasteiger partial charge in [0.25, 0.3) is 0 Å². The predicted octanol–water partition coefficient (Wildman–Crippen LogP) is 1.81. The number of rotatable bonds is 4. The molecule has 3 nitrogen and oxygen atoms in total. The van der Waals surface area contributed by atoms with Gasteiger partial charge >= 0.3 is 0 Å². The summed E-state index contributed by atoms with van der Waals surface area (Å²) >= 11 is 2.23. The molecule has 0 saturated carbocycles. The molecule has 0 heterocycles. The van der Waals surface area contributed by atoms with Gasteiger partial charge in [-0.2, -0.15) is 0 Å². The van der Waals surface area contributed by atoms with Gasteiger partial charge in [-0.05, 0) is 40.8 Å². The third kappa shape index (κ3) is 4.45. The quantitative estimate of drug-likeness (QED) is 0.680. The molecule has 0 unspecified atom stereocenters. The first-order valence-corrected chi connectivity index (χ1v) is 5.39. The van der Waals surface area contributed by atoms with Crippen LogP contribution in [-0.2, 0) is 4.79 Å². The van der Waals surface area contributed by atoms with Gasteiger partial charge in [-0.25, -0.2) is 0 Å². The van der Waals surface area contributed by atoms with Crippen molar-refractivity contribution in [1.29, 1.82) is 0 Å². The summed E-state index contributed by atoms with van der Waals surface area (Å²) in [5, 5.41) is 2.66. The summed E-state index contributed by atoms with van der Waals surface area (Å²) in [6.45, 7) is 2.53. The third-order valence-electron chi connectivity index (χ3n) is 1.54. The van der Waals surface area contributed by atoms with E-state index in [1.807, 2.05) is 24.3 Å². The van der Waals surface area contributed by atoms with Crippen molar-refractivity contribution in [1.82, 2.24) is 5.32 Å². The van der Waals surface area contributed by atoms with E-state index < -0.39 is 0 Å². The second kappa shape index (κ2) is 5.85. The minimum Gasteiger partial charge on any atom is -0.492 e. The lowest BCUT2D eigenvalue weighted by atomic mass is 10.3. The van der Waals surface area contributed by atoms with E-state index in [1.165, 1.54) is 6.92 Å². The summed E-state index contributed by atoms with van der Waals surface area (Å²) in [5.41, 5.74) is 0. The average Bonchev–Trinajstić information content (AvgIpc) is 2.12. The predicted molar refractivity (Wildman–Crippen MR) is 63.3 cm³/mol. The first-order valence-electron chi connectivity index (χ1n) is 4.31. The van der Waals surface area contributed by atoms with Crippen molar-refractivity contribution in [2.75, 3.05) is 13.2 Å². The number of halogens is 1. The maximum Gasteiger partial charge on any atom is 0.216 e. The van der Waals surface area contributed by atoms with E-state index in [1.54, 1.807) is 0 Å². The number of hydrogen-bond donors (Lipinski definition) is 1. The molecule has 14 heavy (non-hydrogen) atoms. The van der Waals surface area contributed by atoms with E-state index in [0.29, 0.717) is 13.2 Å². The maximum absolute atomic E-state index is 10.5. The fourth-order valence-electron chi connectivity index (χ4n) is 0.953. The van der Waals surface area contributed by atoms with E-state index in [9.17, 15) is 4.79 Å². The Kier molecular flexibility index (Phi) is 4.72. The summed E-state index contributed by atoms with van der Waals surface area (Å²) < 4.78 is 6.56. The molecular formula is C10H12INO2. The Morgan fingerprint density at radius 3 is 3.00 bits per heavy atom. The van der Waals surface area contributed by atoms with Gasteiger partial charge in [-0.15, -0.1) is 0 Å². The topological polar surface area (TPSA) is 38.3 Å². The van der Waals surface area contributed by atoms with Crippen molar-refractivity contribution in [3.8, 4) is 5.75 Å². The molecule has 0 spiro atoms. The van der Waals surface area contributed by atoms with Gasteiger partial charge in [0, 0.05) is 10.5 Å². The lowest BCUT2D eigenvalue weighted by Crippen LogP contribution is -2.25. The number of hydrogen-bond acceptors (Lipinski definition) is 2. The lowest BCUT2D eigenvalue weighted by Gasteiger charge is -2.06. The van der Waals surface area contributed by atoms with Crippen molar-refractivity contribution in [3.63, 3.8) is 0 Å². The molecule has 0 aliphatic carbocycles. The Morgan fingerprint density at radius 2 is 2.36 bits per heavy atom. The Bertz CT molecular complexity index is 315. The molecule has 0 aliphatic heterocycles. The number of benzene rings is 1. The number of carbonyl (C=O) groups excluding carboxylic acids is 1. The molecule has 1 rings (SSSR count). The summed E-state index contributed by atoms with van der Waals surface area (Å²) in [7, 11) is 0. The van der Waals surface area contributed by atoms with Crippen LogP contribution >= 0.6 is 22.6 Å². The van der Waals surface area contributed by atoms with Crippen molar-refractivity contribution < 1.29 is 9.53 Å². The van der Waals surface area contributed by atoms with Crippen molar-refractivity contribution in [2.24, 2.45) is 0 Å². The van der Waals surface area contributed by atoms with Gasteiger partial charge in [-0.3, -0.25) is 4.79 Å². The number of amides is 1. The molecule has 1 aromatic carbocycles. The smallest absolute Gasteiger partial charge is 0.216 e. The second-order valence-electron chi connectivity index (χ2n) is 2.79. The Hall–Kier alpha value is -0.780. The molecule has 76 valence electrons. The molecule has 1 N–H and O–H groups in total. The van der Waals surface area contributed by atoms with Gasteiger partial charge in [-0.1, -0.05) is 6.07 Å². The lowest BCUT2D eigenvalue weighted by molar-refractivity contribution is -0.119. The fourth-order valence-corrected chi connectivity index (χ4v) is 1.47. The Balaban J connectivity index is 2.28. The molecule has 0 bridgehead atoms. The highest BCUT2D eigenvalue weighted by molar-refractivity contribution is 14.1. The van der Waals surface area contributed by atoms with Crippen molar-refractivity contribution >= 4 is 28.5 Å². The van der Waals surface area contributed by atoms with E-state index in [0.717, 1.165) is 9.32 Å². The third-order valence-corrected chi connectivity index (χ3v) is 2.21. The minimum atomic E-state index is -0.0313. The van der Waals surface area contributed by atoms with Gasteiger partial charge in [0.15, 0.2) is 0 Å². The highest BCUT2D eigenvalue weighted by atomic mass is 127. The standard InChI is InChI=1S/C10H12INO2/c1-8(13)12-5-6-14-10-4-2-3-9(11)7-10/h2-4,7H,5-6H2,1H3,(H,12,13). The Morgan fingerprint density at radius 1 is 1.57 bits per heavy atom. The Labute approximate surface area is 97.0 Å². The molecule has 0 saturated heterocycles. The zero-order chi connectivity index (χ0) is 10.4. The van der Waals surface area contributed by atoms with Crippen LogP contribution in [0.3, 0.4) is 0 Å². The summed E-state index contributed by atoms with van der Waals surface area (Å²) in [5.74, 6) is 0.804. The van der Waals surface area contributed by atoms with Crippen molar-refractivity contribution in [3.05, 3.63) is 27.8 Å². The normalized spacial score (nSPS) is 9.57. The molecule has 0 aliphatic rings. The van der Waals surface area contributed by atoms with Crippen molar-refractivity contribution in [2.45, 2.75) is 6.92 Å². The number of carbonyl (C=O) groups is 1. The first-order chi connectivity index (χ1) is 6.68. The molecule has 4 heteroatoms. The van der Waals surface area contributed by atoms with Crippen LogP contribution in [0.4, 0.5) is 0 Å².